The summed E-state index contributed by atoms with van der Waals surface area (Å²) in [5.41, 5.74) is 4.33. The van der Waals surface area contributed by atoms with Crippen LogP contribution in [0.3, 0.4) is 0 Å². The summed E-state index contributed by atoms with van der Waals surface area (Å²) in [5, 5.41) is 4.73. The van der Waals surface area contributed by atoms with Gasteiger partial charge in [-0.2, -0.15) is 9.39 Å². The second kappa shape index (κ2) is 12.5. The molecule has 1 aliphatic rings. The van der Waals surface area contributed by atoms with Crippen molar-refractivity contribution in [2.45, 2.75) is 51.6 Å². The summed E-state index contributed by atoms with van der Waals surface area (Å²) in [6.07, 6.45) is 3.11. The van der Waals surface area contributed by atoms with E-state index in [1.54, 1.807) is 7.11 Å². The van der Waals surface area contributed by atoms with Crippen molar-refractivity contribution in [3.05, 3.63) is 71.4 Å². The van der Waals surface area contributed by atoms with Gasteiger partial charge in [-0.1, -0.05) is 48.1 Å². The third kappa shape index (κ3) is 6.89. The number of aromatic nitrogens is 1. The van der Waals surface area contributed by atoms with Gasteiger partial charge in [-0.3, -0.25) is 9.52 Å². The van der Waals surface area contributed by atoms with Crippen LogP contribution in [0.25, 0.3) is 10.9 Å². The quantitative estimate of drug-likeness (QED) is 0.258. The molecule has 4 rings (SSSR count). The maximum Gasteiger partial charge on any atom is 0.254 e. The molecule has 0 saturated carbocycles. The number of ether oxygens (including phenoxy) is 1. The Morgan fingerprint density at radius 1 is 1.21 bits per heavy atom. The second-order valence-electron chi connectivity index (χ2n) is 11.0. The Morgan fingerprint density at radius 3 is 2.68 bits per heavy atom. The summed E-state index contributed by atoms with van der Waals surface area (Å²) < 4.78 is 11.3. The van der Waals surface area contributed by atoms with Gasteiger partial charge in [0.2, 0.25) is 0 Å². The number of rotatable bonds is 12. The molecule has 0 radical (unpaired) electrons. The van der Waals surface area contributed by atoms with Crippen molar-refractivity contribution in [2.75, 3.05) is 33.4 Å². The number of carbonyl (C=O) groups is 1. The molecule has 1 amide bonds. The lowest BCUT2D eigenvalue weighted by Gasteiger charge is -2.33. The van der Waals surface area contributed by atoms with Crippen molar-refractivity contribution in [1.29, 1.82) is 0 Å². The van der Waals surface area contributed by atoms with Crippen LogP contribution in [0.15, 0.2) is 54.7 Å². The third-order valence-electron chi connectivity index (χ3n) is 7.42. The van der Waals surface area contributed by atoms with Crippen LogP contribution >= 0.6 is 9.39 Å². The van der Waals surface area contributed by atoms with Gasteiger partial charge in [0, 0.05) is 86.3 Å². The fourth-order valence-corrected chi connectivity index (χ4v) is 7.27. The van der Waals surface area contributed by atoms with Crippen LogP contribution in [0.4, 0.5) is 0 Å². The number of nitrogens with zero attached hydrogens (tertiary/aromatic N) is 2. The van der Waals surface area contributed by atoms with Gasteiger partial charge in [0.05, 0.1) is 0 Å². The van der Waals surface area contributed by atoms with Crippen molar-refractivity contribution in [1.82, 2.24) is 19.5 Å². The van der Waals surface area contributed by atoms with E-state index in [4.69, 9.17) is 4.74 Å². The van der Waals surface area contributed by atoms with Crippen LogP contribution < -0.4 is 10.0 Å². The summed E-state index contributed by atoms with van der Waals surface area (Å²) in [7, 11) is 0.210. The van der Waals surface area contributed by atoms with E-state index < -0.39 is 9.39 Å². The van der Waals surface area contributed by atoms with E-state index in [2.05, 4.69) is 89.7 Å². The van der Waals surface area contributed by atoms with Crippen LogP contribution in [0.5, 0.6) is 0 Å². The first-order valence-corrected chi connectivity index (χ1v) is 15.7. The number of amides is 1. The largest absolute Gasteiger partial charge is 0.385 e. The van der Waals surface area contributed by atoms with Crippen molar-refractivity contribution in [3.63, 3.8) is 0 Å². The Bertz CT molecular complexity index is 1330. The highest BCUT2D eigenvalue weighted by molar-refractivity contribution is 8.25. The van der Waals surface area contributed by atoms with Crippen LogP contribution in [0, 0.1) is 12.8 Å². The Morgan fingerprint density at radius 2 is 1.97 bits per heavy atom. The molecular weight excluding hydrogens is 492 g/mol. The van der Waals surface area contributed by atoms with Gasteiger partial charge in [0.1, 0.15) is 0 Å². The molecule has 1 aromatic heterocycles. The minimum atomic E-state index is -1.52. The van der Waals surface area contributed by atoms with E-state index in [0.717, 1.165) is 49.5 Å². The fraction of sp³-hybridized carbons (Fsp3) is 0.452. The highest BCUT2D eigenvalue weighted by Crippen LogP contribution is 2.27. The summed E-state index contributed by atoms with van der Waals surface area (Å²) in [6, 6.07) is 16.9. The lowest BCUT2D eigenvalue weighted by Crippen LogP contribution is -2.45. The number of hydrogen-bond donors (Lipinski definition) is 2. The first-order valence-electron chi connectivity index (χ1n) is 13.6. The minimum absolute atomic E-state index is 0.0852. The number of aryl methyl sites for hydroxylation is 2. The molecule has 0 aliphatic carbocycles. The van der Waals surface area contributed by atoms with Crippen LogP contribution in [-0.4, -0.2) is 72.5 Å². The van der Waals surface area contributed by atoms with E-state index in [0.29, 0.717) is 6.54 Å². The van der Waals surface area contributed by atoms with E-state index in [9.17, 15) is 4.79 Å². The molecule has 7 heteroatoms. The van der Waals surface area contributed by atoms with Gasteiger partial charge in [-0.25, -0.2) is 0 Å². The zero-order valence-electron chi connectivity index (χ0n) is 23.4. The molecule has 1 aliphatic heterocycles. The maximum absolute atomic E-state index is 13.9. The first-order chi connectivity index (χ1) is 18.2. The standard InChI is InChI=1S/C31H44N4O2S/c1-23(2)35(21-27-18-32-19-29(27)33-38(5,6)22-25-11-8-7-9-12-25)31(36)26-13-14-28-24(3)20-34(30(28)17-26)15-10-16-37-4/h7-9,11-14,17,20,23,27,29,32-33H,5-6,10,15-16,18-19,21-22H2,1-4H3/t27?,29-/m1/s1. The fourth-order valence-electron chi connectivity index (χ4n) is 5.44. The predicted molar refractivity (Wildman–Crippen MR) is 165 cm³/mol. The normalized spacial score (nSPS) is 17.9. The monoisotopic (exact) mass is 536 g/mol. The van der Waals surface area contributed by atoms with E-state index in [-0.39, 0.29) is 23.9 Å². The first kappa shape index (κ1) is 28.4. The SMILES string of the molecule is C=S(=C)(Cc1ccccc1)N[C@@H]1CNCC1CN(C(=O)c1ccc2c(C)cn(CCCOC)c2c1)C(C)C. The Balaban J connectivity index is 1.49. The van der Waals surface area contributed by atoms with Crippen LogP contribution in [0.2, 0.25) is 0 Å². The van der Waals surface area contributed by atoms with Gasteiger partial charge >= 0.3 is 0 Å². The molecular formula is C31H44N4O2S. The molecule has 3 aromatic rings. The highest BCUT2D eigenvalue weighted by atomic mass is 32.2. The smallest absolute Gasteiger partial charge is 0.254 e. The molecule has 2 heterocycles. The zero-order valence-corrected chi connectivity index (χ0v) is 24.2. The lowest BCUT2D eigenvalue weighted by molar-refractivity contribution is 0.0672. The number of benzene rings is 2. The molecule has 206 valence electrons. The van der Waals surface area contributed by atoms with Gasteiger partial charge in [-0.05, 0) is 50.5 Å². The second-order valence-corrected chi connectivity index (χ2v) is 13.6. The minimum Gasteiger partial charge on any atom is -0.385 e. The van der Waals surface area contributed by atoms with Gasteiger partial charge in [0.25, 0.3) is 5.91 Å². The molecule has 6 nitrogen and oxygen atoms in total. The average molecular weight is 537 g/mol. The average Bonchev–Trinajstić information content (AvgIpc) is 3.44. The molecule has 0 spiro atoms. The number of hydrogen-bond acceptors (Lipinski definition) is 4. The summed E-state index contributed by atoms with van der Waals surface area (Å²) >= 11 is 0. The van der Waals surface area contributed by atoms with Crippen molar-refractivity contribution in [3.8, 4) is 0 Å². The molecule has 0 bridgehead atoms. The van der Waals surface area contributed by atoms with E-state index in [1.165, 1.54) is 16.5 Å². The molecule has 2 atom stereocenters. The van der Waals surface area contributed by atoms with Crippen LogP contribution in [0.1, 0.15) is 41.8 Å². The zero-order chi connectivity index (χ0) is 27.3. The summed E-state index contributed by atoms with van der Waals surface area (Å²) in [4.78, 5) is 15.9. The van der Waals surface area contributed by atoms with E-state index in [1.807, 2.05) is 17.0 Å². The molecule has 1 fully saturated rings. The summed E-state index contributed by atoms with van der Waals surface area (Å²) in [6.45, 7) is 10.3. The molecule has 38 heavy (non-hydrogen) atoms. The molecule has 2 N–H and O–H groups in total. The van der Waals surface area contributed by atoms with Crippen molar-refractivity contribution in [2.24, 2.45) is 5.92 Å². The highest BCUT2D eigenvalue weighted by Gasteiger charge is 2.32. The summed E-state index contributed by atoms with van der Waals surface area (Å²) in [5.74, 6) is 10.1. The van der Waals surface area contributed by atoms with E-state index >= 15 is 0 Å². The number of carbonyl (C=O) groups excluding carboxylic acids is 1. The Labute approximate surface area is 229 Å². The molecule has 1 saturated heterocycles. The molecule has 2 aromatic carbocycles. The number of nitrogens with one attached hydrogen (secondary N) is 2. The van der Waals surface area contributed by atoms with Gasteiger partial charge in [0.15, 0.2) is 0 Å². The van der Waals surface area contributed by atoms with Gasteiger partial charge in [-0.15, -0.1) is 0 Å². The number of methoxy groups -OCH3 is 1. The predicted octanol–water partition coefficient (Wildman–Crippen LogP) is 4.80. The molecule has 1 unspecified atom stereocenters. The lowest BCUT2D eigenvalue weighted by atomic mass is 10.0. The maximum atomic E-state index is 13.9. The number of fused-ring (bicyclic) bond motifs is 1. The Kier molecular flexibility index (Phi) is 9.36. The third-order valence-corrected chi connectivity index (χ3v) is 9.11. The topological polar surface area (TPSA) is 58.5 Å². The van der Waals surface area contributed by atoms with Gasteiger partial charge < -0.3 is 19.5 Å². The van der Waals surface area contributed by atoms with Crippen molar-refractivity contribution < 1.29 is 9.53 Å². The van der Waals surface area contributed by atoms with Crippen molar-refractivity contribution >= 4 is 37.9 Å². The Hall–Kier alpha value is -2.58. The van der Waals surface area contributed by atoms with Crippen LogP contribution in [-0.2, 0) is 17.0 Å².